The van der Waals surface area contributed by atoms with Gasteiger partial charge in [-0.3, -0.25) is 14.8 Å². The monoisotopic (exact) mass is 405 g/mol. The van der Waals surface area contributed by atoms with Crippen molar-refractivity contribution in [3.63, 3.8) is 0 Å². The molecule has 0 radical (unpaired) electrons. The molecule has 2 aliphatic rings. The van der Waals surface area contributed by atoms with Gasteiger partial charge in [-0.15, -0.1) is 0 Å². The molecule has 6 heteroatoms. The molecule has 0 N–H and O–H groups in total. The van der Waals surface area contributed by atoms with Crippen molar-refractivity contribution in [1.82, 2.24) is 24.2 Å². The average molecular weight is 406 g/mol. The van der Waals surface area contributed by atoms with Crippen LogP contribution in [0.1, 0.15) is 54.0 Å². The molecule has 0 spiro atoms. The van der Waals surface area contributed by atoms with Gasteiger partial charge in [-0.2, -0.15) is 0 Å². The molecule has 0 saturated carbocycles. The number of ether oxygens (including phenoxy) is 1. The average Bonchev–Trinajstić information content (AvgIpc) is 3.13. The van der Waals surface area contributed by atoms with Crippen LogP contribution in [0.3, 0.4) is 0 Å². The van der Waals surface area contributed by atoms with Gasteiger partial charge < -0.3 is 9.14 Å². The number of aryl methyl sites for hydroxylation is 1. The third-order valence-electron chi connectivity index (χ3n) is 6.76. The number of likely N-dealkylation sites (tertiary alicyclic amines) is 1. The number of imidazole rings is 1. The number of aromatic nitrogens is 3. The van der Waals surface area contributed by atoms with Crippen LogP contribution >= 0.6 is 0 Å². The van der Waals surface area contributed by atoms with Gasteiger partial charge in [-0.1, -0.05) is 12.1 Å². The number of piperidine rings is 1. The molecule has 2 saturated heterocycles. The van der Waals surface area contributed by atoms with E-state index in [4.69, 9.17) is 14.7 Å². The van der Waals surface area contributed by atoms with Gasteiger partial charge >= 0.3 is 0 Å². The lowest BCUT2D eigenvalue weighted by atomic mass is 9.90. The molecule has 2 atom stereocenters. The van der Waals surface area contributed by atoms with E-state index in [1.54, 1.807) is 0 Å². The second kappa shape index (κ2) is 8.46. The SMILES string of the molecule is Cc1cccnc1[C@@H]1CCC[C@H](c2nc3ccccn3c2CN2CCOCC2)N1C. The van der Waals surface area contributed by atoms with Gasteiger partial charge in [0, 0.05) is 32.0 Å². The van der Waals surface area contributed by atoms with E-state index in [9.17, 15) is 0 Å². The highest BCUT2D eigenvalue weighted by molar-refractivity contribution is 5.44. The summed E-state index contributed by atoms with van der Waals surface area (Å²) < 4.78 is 7.85. The van der Waals surface area contributed by atoms with Gasteiger partial charge in [0.1, 0.15) is 5.65 Å². The maximum Gasteiger partial charge on any atom is 0.137 e. The quantitative estimate of drug-likeness (QED) is 0.661. The molecule has 158 valence electrons. The zero-order chi connectivity index (χ0) is 20.5. The molecule has 2 fully saturated rings. The summed E-state index contributed by atoms with van der Waals surface area (Å²) >= 11 is 0. The Balaban J connectivity index is 1.51. The molecule has 0 aromatic carbocycles. The van der Waals surface area contributed by atoms with Crippen molar-refractivity contribution >= 4 is 5.65 Å². The molecule has 0 unspecified atom stereocenters. The third kappa shape index (κ3) is 3.64. The van der Waals surface area contributed by atoms with Gasteiger partial charge in [-0.05, 0) is 57.0 Å². The highest BCUT2D eigenvalue weighted by Crippen LogP contribution is 2.41. The summed E-state index contributed by atoms with van der Waals surface area (Å²) in [5.74, 6) is 0. The van der Waals surface area contributed by atoms with Crippen molar-refractivity contribution in [2.45, 2.75) is 44.8 Å². The van der Waals surface area contributed by atoms with Crippen LogP contribution < -0.4 is 0 Å². The van der Waals surface area contributed by atoms with E-state index >= 15 is 0 Å². The van der Waals surface area contributed by atoms with Crippen LogP contribution in [-0.4, -0.2) is 57.5 Å². The summed E-state index contributed by atoms with van der Waals surface area (Å²) in [5, 5.41) is 0. The largest absolute Gasteiger partial charge is 0.379 e. The predicted octanol–water partition coefficient (Wildman–Crippen LogP) is 3.77. The lowest BCUT2D eigenvalue weighted by molar-refractivity contribution is 0.0328. The normalized spacial score (nSPS) is 23.8. The third-order valence-corrected chi connectivity index (χ3v) is 6.76. The van der Waals surface area contributed by atoms with Crippen LogP contribution in [-0.2, 0) is 11.3 Å². The minimum Gasteiger partial charge on any atom is -0.379 e. The molecule has 0 amide bonds. The summed E-state index contributed by atoms with van der Waals surface area (Å²) in [5.41, 5.74) is 6.08. The summed E-state index contributed by atoms with van der Waals surface area (Å²) in [4.78, 5) is 14.9. The Labute approximate surface area is 178 Å². The first-order valence-electron chi connectivity index (χ1n) is 11.1. The van der Waals surface area contributed by atoms with Crippen molar-refractivity contribution in [3.05, 3.63) is 65.4 Å². The molecule has 30 heavy (non-hydrogen) atoms. The van der Waals surface area contributed by atoms with Crippen molar-refractivity contribution in [3.8, 4) is 0 Å². The number of nitrogens with zero attached hydrogens (tertiary/aromatic N) is 5. The molecule has 2 aliphatic heterocycles. The molecule has 5 rings (SSSR count). The fourth-order valence-electron chi connectivity index (χ4n) is 5.09. The van der Waals surface area contributed by atoms with Crippen LogP contribution in [0.5, 0.6) is 0 Å². The van der Waals surface area contributed by atoms with Crippen LogP contribution in [0.4, 0.5) is 0 Å². The Hall–Kier alpha value is -2.28. The van der Waals surface area contributed by atoms with Crippen molar-refractivity contribution < 1.29 is 4.74 Å². The van der Waals surface area contributed by atoms with E-state index in [1.807, 2.05) is 12.3 Å². The fourth-order valence-corrected chi connectivity index (χ4v) is 5.09. The Morgan fingerprint density at radius 1 is 1.03 bits per heavy atom. The lowest BCUT2D eigenvalue weighted by Crippen LogP contribution is -2.37. The van der Waals surface area contributed by atoms with E-state index in [0.29, 0.717) is 12.1 Å². The van der Waals surface area contributed by atoms with Gasteiger partial charge in [-0.25, -0.2) is 4.98 Å². The topological polar surface area (TPSA) is 45.9 Å². The van der Waals surface area contributed by atoms with Crippen LogP contribution in [0.15, 0.2) is 42.7 Å². The predicted molar refractivity (Wildman–Crippen MR) is 117 cm³/mol. The Morgan fingerprint density at radius 3 is 2.63 bits per heavy atom. The number of hydrogen-bond acceptors (Lipinski definition) is 5. The highest BCUT2D eigenvalue weighted by Gasteiger charge is 2.34. The first-order valence-corrected chi connectivity index (χ1v) is 11.1. The Morgan fingerprint density at radius 2 is 1.83 bits per heavy atom. The fraction of sp³-hybridized carbons (Fsp3) is 0.500. The number of pyridine rings is 2. The summed E-state index contributed by atoms with van der Waals surface area (Å²) in [6.45, 7) is 6.69. The zero-order valence-electron chi connectivity index (χ0n) is 18.0. The molecular formula is C24H31N5O. The van der Waals surface area contributed by atoms with E-state index in [1.165, 1.54) is 29.1 Å². The number of hydrogen-bond donors (Lipinski definition) is 0. The van der Waals surface area contributed by atoms with Crippen LogP contribution in [0.25, 0.3) is 5.65 Å². The molecule has 5 heterocycles. The van der Waals surface area contributed by atoms with Gasteiger partial charge in [0.2, 0.25) is 0 Å². The number of rotatable bonds is 4. The van der Waals surface area contributed by atoms with Gasteiger partial charge in [0.25, 0.3) is 0 Å². The molecular weight excluding hydrogens is 374 g/mol. The highest BCUT2D eigenvalue weighted by atomic mass is 16.5. The molecule has 6 nitrogen and oxygen atoms in total. The van der Waals surface area contributed by atoms with Crippen LogP contribution in [0.2, 0.25) is 0 Å². The first-order chi connectivity index (χ1) is 14.7. The van der Waals surface area contributed by atoms with Gasteiger partial charge in [0.05, 0.1) is 42.4 Å². The summed E-state index contributed by atoms with van der Waals surface area (Å²) in [7, 11) is 2.26. The maximum absolute atomic E-state index is 5.56. The van der Waals surface area contributed by atoms with Gasteiger partial charge in [0.15, 0.2) is 0 Å². The first kappa shape index (κ1) is 19.7. The molecule has 0 bridgehead atoms. The van der Waals surface area contributed by atoms with E-state index < -0.39 is 0 Å². The molecule has 3 aromatic rings. The lowest BCUT2D eigenvalue weighted by Gasteiger charge is -2.39. The number of fused-ring (bicyclic) bond motifs is 1. The van der Waals surface area contributed by atoms with E-state index in [2.05, 4.69) is 58.6 Å². The minimum absolute atomic E-state index is 0.307. The van der Waals surface area contributed by atoms with E-state index in [-0.39, 0.29) is 0 Å². The summed E-state index contributed by atoms with van der Waals surface area (Å²) in [6.07, 6.45) is 7.57. The van der Waals surface area contributed by atoms with Crippen LogP contribution in [0, 0.1) is 6.92 Å². The summed E-state index contributed by atoms with van der Waals surface area (Å²) in [6, 6.07) is 11.2. The van der Waals surface area contributed by atoms with Crippen molar-refractivity contribution in [1.29, 1.82) is 0 Å². The van der Waals surface area contributed by atoms with Crippen molar-refractivity contribution in [2.24, 2.45) is 0 Å². The molecule has 3 aromatic heterocycles. The second-order valence-electron chi connectivity index (χ2n) is 8.59. The zero-order valence-corrected chi connectivity index (χ0v) is 18.0. The second-order valence-corrected chi connectivity index (χ2v) is 8.59. The number of morpholine rings is 1. The standard InChI is InChI=1S/C24H31N5O/c1-18-7-6-11-25-23(18)19-8-5-9-20(27(19)2)24-21(17-28-13-15-30-16-14-28)29-12-4-3-10-22(29)26-24/h3-4,6-7,10-12,19-20H,5,8-9,13-17H2,1-2H3/t19-,20+/m0/s1. The van der Waals surface area contributed by atoms with Crippen molar-refractivity contribution in [2.75, 3.05) is 33.4 Å². The molecule has 0 aliphatic carbocycles. The maximum atomic E-state index is 5.56. The Kier molecular flexibility index (Phi) is 5.54. The van der Waals surface area contributed by atoms with E-state index in [0.717, 1.165) is 51.3 Å². The minimum atomic E-state index is 0.307. The Bertz CT molecular complexity index is 1010. The smallest absolute Gasteiger partial charge is 0.137 e.